The van der Waals surface area contributed by atoms with Gasteiger partial charge in [0.25, 0.3) is 0 Å². The van der Waals surface area contributed by atoms with Gasteiger partial charge in [0, 0.05) is 0 Å². The maximum absolute atomic E-state index is 10.8. The summed E-state index contributed by atoms with van der Waals surface area (Å²) in [6, 6.07) is 20.1. The van der Waals surface area contributed by atoms with Crippen molar-refractivity contribution < 1.29 is 59.5 Å². The van der Waals surface area contributed by atoms with Crippen LogP contribution < -0.4 is 10.6 Å². The molecule has 0 bridgehead atoms. The van der Waals surface area contributed by atoms with Crippen molar-refractivity contribution >= 4 is 10.4 Å². The lowest BCUT2D eigenvalue weighted by Gasteiger charge is -2.09. The van der Waals surface area contributed by atoms with Crippen molar-refractivity contribution in [2.45, 2.75) is 19.8 Å². The second kappa shape index (κ2) is 32.0. The van der Waals surface area contributed by atoms with E-state index in [0.717, 1.165) is 5.75 Å². The predicted octanol–water partition coefficient (Wildman–Crippen LogP) is 3.16. The first-order valence-corrected chi connectivity index (χ1v) is 17.4. The first-order chi connectivity index (χ1) is 23.4. The Morgan fingerprint density at radius 2 is 0.792 bits per heavy atom. The van der Waals surface area contributed by atoms with E-state index < -0.39 is 10.4 Å². The van der Waals surface area contributed by atoms with Crippen LogP contribution in [0.5, 0.6) is 5.75 Å². The smallest absolute Gasteiger partial charge is 0.415 e. The van der Waals surface area contributed by atoms with Crippen molar-refractivity contribution in [3.05, 3.63) is 66.2 Å². The average Bonchev–Trinajstić information content (AvgIpc) is 3.10. The van der Waals surface area contributed by atoms with E-state index in [2.05, 4.69) is 52.5 Å². The van der Waals surface area contributed by atoms with Gasteiger partial charge < -0.3 is 42.6 Å². The molecule has 0 radical (unpaired) electrons. The number of nitrogens with two attached hydrogens (primary N) is 1. The average molecular weight is 706 g/mol. The molecule has 0 amide bonds. The summed E-state index contributed by atoms with van der Waals surface area (Å²) < 4.78 is 78.1. The molecular weight excluding hydrogens is 650 g/mol. The highest BCUT2D eigenvalue weighted by atomic mass is 32.3. The van der Waals surface area contributed by atoms with Crippen molar-refractivity contribution in [3.63, 3.8) is 0 Å². The van der Waals surface area contributed by atoms with Crippen LogP contribution in [0, 0.1) is 0 Å². The highest BCUT2D eigenvalue weighted by Crippen LogP contribution is 2.11. The number of hydrogen-bond donors (Lipinski definition) is 1. The summed E-state index contributed by atoms with van der Waals surface area (Å²) in [5.41, 5.74) is 1.41. The van der Waals surface area contributed by atoms with Gasteiger partial charge in [-0.15, -0.1) is 0 Å². The van der Waals surface area contributed by atoms with Crippen LogP contribution in [0.3, 0.4) is 0 Å². The number of rotatable bonds is 31. The van der Waals surface area contributed by atoms with Crippen LogP contribution in [0.2, 0.25) is 0 Å². The van der Waals surface area contributed by atoms with E-state index in [1.165, 1.54) is 5.56 Å². The van der Waals surface area contributed by atoms with Gasteiger partial charge in [-0.3, -0.25) is 0 Å². The third-order valence-corrected chi connectivity index (χ3v) is 6.57. The fraction of sp³-hybridized carbons (Fsp3) is 0.636. The molecule has 0 heterocycles. The Labute approximate surface area is 286 Å². The van der Waals surface area contributed by atoms with Crippen molar-refractivity contribution in [1.29, 1.82) is 0 Å². The summed E-state index contributed by atoms with van der Waals surface area (Å²) in [7, 11) is -4.14. The highest BCUT2D eigenvalue weighted by molar-refractivity contribution is 7.81. The fourth-order valence-electron chi connectivity index (χ4n) is 3.44. The normalized spacial score (nSPS) is 11.4. The van der Waals surface area contributed by atoms with Gasteiger partial charge in [-0.1, -0.05) is 62.4 Å². The lowest BCUT2D eigenvalue weighted by atomic mass is 10.0. The summed E-state index contributed by atoms with van der Waals surface area (Å²) in [5, 5.41) is 0. The van der Waals surface area contributed by atoms with Gasteiger partial charge in [-0.05, 0) is 23.6 Å². The number of ether oxygens (including phenoxy) is 9. The molecular formula is C33H55NO13S. The molecule has 0 aliphatic carbocycles. The second-order valence-electron chi connectivity index (χ2n) is 9.95. The second-order valence-corrected chi connectivity index (χ2v) is 11.2. The largest absolute Gasteiger partial charge is 0.491 e. The van der Waals surface area contributed by atoms with Crippen LogP contribution in [0.1, 0.15) is 25.3 Å². The maximum Gasteiger partial charge on any atom is 0.415 e. The van der Waals surface area contributed by atoms with Crippen LogP contribution in [0.4, 0.5) is 0 Å². The molecule has 2 aromatic carbocycles. The Kier molecular flexibility index (Phi) is 29.2. The number of hydrogen-bond acceptors (Lipinski definition) is 14. The molecule has 14 nitrogen and oxygen atoms in total. The molecule has 0 saturated heterocycles. The van der Waals surface area contributed by atoms with Gasteiger partial charge in [0.2, 0.25) is 0 Å². The van der Waals surface area contributed by atoms with Gasteiger partial charge >= 0.3 is 10.4 Å². The van der Waals surface area contributed by atoms with Crippen molar-refractivity contribution in [1.82, 2.24) is 0 Å². The van der Waals surface area contributed by atoms with Gasteiger partial charge in [0.15, 0.2) is 0 Å². The first-order valence-electron chi connectivity index (χ1n) is 16.1. The minimum absolute atomic E-state index is 0.0649. The molecule has 0 atom stereocenters. The summed E-state index contributed by atoms with van der Waals surface area (Å²) in [6.45, 7) is 11.6. The van der Waals surface area contributed by atoms with E-state index in [1.54, 1.807) is 0 Å². The van der Waals surface area contributed by atoms with Gasteiger partial charge in [-0.2, -0.15) is 18.6 Å². The van der Waals surface area contributed by atoms with E-state index in [4.69, 9.17) is 42.6 Å². The third-order valence-electron chi connectivity index (χ3n) is 5.88. The van der Waals surface area contributed by atoms with Gasteiger partial charge in [0.1, 0.15) is 12.4 Å². The molecule has 48 heavy (non-hydrogen) atoms. The van der Waals surface area contributed by atoms with Gasteiger partial charge in [-0.25, -0.2) is 4.18 Å². The minimum Gasteiger partial charge on any atom is -0.491 e. The Balaban J connectivity index is 0.00000110. The molecule has 0 spiro atoms. The van der Waals surface area contributed by atoms with Crippen LogP contribution in [0.25, 0.3) is 0 Å². The van der Waals surface area contributed by atoms with Crippen LogP contribution in [-0.4, -0.2) is 127 Å². The summed E-state index contributed by atoms with van der Waals surface area (Å²) in [6.07, 6.45) is 0. The van der Waals surface area contributed by atoms with Crippen molar-refractivity contribution in [3.8, 4) is 5.75 Å². The molecule has 2 rings (SSSR count). The minimum atomic E-state index is -4.14. The zero-order valence-corrected chi connectivity index (χ0v) is 29.2. The van der Waals surface area contributed by atoms with Crippen LogP contribution in [0.15, 0.2) is 60.7 Å². The van der Waals surface area contributed by atoms with Crippen LogP contribution >= 0.6 is 0 Å². The topological polar surface area (TPSA) is 162 Å². The molecule has 0 aliphatic heterocycles. The standard InChI is InChI=1S/C24H43NO13S.C9H12/c25-38-39(26,27)37-23-21-35-19-17-33-15-13-31-11-9-29-7-6-28-8-10-30-12-14-32-16-18-34-20-22-36-24-4-2-1-3-5-24;1-8(2)9-6-4-3-5-7-9/h1-5H,6-23,25H2;3-8H,1-2H3. The van der Waals surface area contributed by atoms with Crippen molar-refractivity contribution in [2.75, 3.05) is 119 Å². The predicted molar refractivity (Wildman–Crippen MR) is 179 cm³/mol. The van der Waals surface area contributed by atoms with E-state index in [-0.39, 0.29) is 19.8 Å². The Morgan fingerprint density at radius 1 is 0.479 bits per heavy atom. The zero-order chi connectivity index (χ0) is 34.8. The van der Waals surface area contributed by atoms with E-state index >= 15 is 0 Å². The van der Waals surface area contributed by atoms with Gasteiger partial charge in [0.05, 0.1) is 112 Å². The van der Waals surface area contributed by atoms with E-state index in [9.17, 15) is 8.42 Å². The molecule has 0 aliphatic rings. The third kappa shape index (κ3) is 28.7. The fourth-order valence-corrected chi connectivity index (χ4v) is 3.77. The SMILES string of the molecule is CC(C)c1ccccc1.NOS(=O)(=O)OCCOCCOCCOCCOCCOCCOCCOCCOCCOc1ccccc1. The molecule has 0 aromatic heterocycles. The molecule has 276 valence electrons. The molecule has 0 saturated carbocycles. The summed E-state index contributed by atoms with van der Waals surface area (Å²) in [5.74, 6) is 6.00. The first kappa shape index (κ1) is 43.8. The Hall–Kier alpha value is -2.25. The van der Waals surface area contributed by atoms with E-state index in [1.807, 2.05) is 36.4 Å². The van der Waals surface area contributed by atoms with Crippen LogP contribution in [-0.2, 0) is 56.8 Å². The van der Waals surface area contributed by atoms with E-state index in [0.29, 0.717) is 105 Å². The molecule has 15 heteroatoms. The molecule has 2 aromatic rings. The number of para-hydroxylation sites is 1. The quantitative estimate of drug-likeness (QED) is 0.0900. The monoisotopic (exact) mass is 705 g/mol. The van der Waals surface area contributed by atoms with Crippen molar-refractivity contribution in [2.24, 2.45) is 5.90 Å². The maximum atomic E-state index is 10.8. The molecule has 0 fully saturated rings. The lowest BCUT2D eigenvalue weighted by molar-refractivity contribution is -0.0241. The zero-order valence-electron chi connectivity index (χ0n) is 28.4. The lowest BCUT2D eigenvalue weighted by Crippen LogP contribution is -2.18. The summed E-state index contributed by atoms with van der Waals surface area (Å²) >= 11 is 0. The Bertz CT molecular complexity index is 1050. The summed E-state index contributed by atoms with van der Waals surface area (Å²) in [4.78, 5) is 0. The molecule has 0 unspecified atom stereocenters. The highest BCUT2D eigenvalue weighted by Gasteiger charge is 2.08. The molecule has 2 N–H and O–H groups in total. The Morgan fingerprint density at radius 3 is 1.10 bits per heavy atom. The number of benzene rings is 2.